The van der Waals surface area contributed by atoms with Crippen LogP contribution in [0, 0.1) is 0 Å². The average molecular weight is 274 g/mol. The second-order valence-corrected chi connectivity index (χ2v) is 7.50. The molecule has 0 aliphatic carbocycles. The molecule has 0 atom stereocenters. The van der Waals surface area contributed by atoms with Crippen molar-refractivity contribution in [2.45, 2.75) is 31.9 Å². The van der Waals surface area contributed by atoms with Gasteiger partial charge in [0.25, 0.3) is 0 Å². The SMILES string of the molecule is CC(C)(C)SCC(=O)N1CCCN(CCO)CC1. The first kappa shape index (κ1) is 15.8. The van der Waals surface area contributed by atoms with Crippen LogP contribution in [0.15, 0.2) is 0 Å². The summed E-state index contributed by atoms with van der Waals surface area (Å²) in [5.41, 5.74) is 0. The highest BCUT2D eigenvalue weighted by molar-refractivity contribution is 8.01. The topological polar surface area (TPSA) is 43.8 Å². The molecule has 0 saturated carbocycles. The minimum Gasteiger partial charge on any atom is -0.395 e. The molecule has 1 aliphatic heterocycles. The van der Waals surface area contributed by atoms with Gasteiger partial charge in [0.15, 0.2) is 0 Å². The molecule has 0 aromatic rings. The lowest BCUT2D eigenvalue weighted by molar-refractivity contribution is -0.128. The Hall–Kier alpha value is -0.260. The van der Waals surface area contributed by atoms with E-state index in [0.29, 0.717) is 5.75 Å². The van der Waals surface area contributed by atoms with Crippen LogP contribution in [0.3, 0.4) is 0 Å². The van der Waals surface area contributed by atoms with E-state index < -0.39 is 0 Å². The third kappa shape index (κ3) is 6.07. The van der Waals surface area contributed by atoms with Crippen LogP contribution in [0.25, 0.3) is 0 Å². The summed E-state index contributed by atoms with van der Waals surface area (Å²) in [6, 6.07) is 0. The monoisotopic (exact) mass is 274 g/mol. The molecule has 0 bridgehead atoms. The van der Waals surface area contributed by atoms with E-state index in [-0.39, 0.29) is 17.3 Å². The van der Waals surface area contributed by atoms with Gasteiger partial charge in [-0.15, -0.1) is 11.8 Å². The normalized spacial score (nSPS) is 18.8. The smallest absolute Gasteiger partial charge is 0.232 e. The largest absolute Gasteiger partial charge is 0.395 e. The molecule has 1 rings (SSSR count). The predicted octanol–water partition coefficient (Wildman–Crippen LogP) is 1.04. The van der Waals surface area contributed by atoms with E-state index in [1.165, 1.54) is 0 Å². The highest BCUT2D eigenvalue weighted by Crippen LogP contribution is 2.23. The molecule has 0 radical (unpaired) electrons. The zero-order chi connectivity index (χ0) is 13.6. The van der Waals surface area contributed by atoms with Gasteiger partial charge in [-0.2, -0.15) is 0 Å². The van der Waals surface area contributed by atoms with E-state index in [2.05, 4.69) is 25.7 Å². The van der Waals surface area contributed by atoms with Crippen LogP contribution in [-0.4, -0.2) is 70.6 Å². The molecule has 106 valence electrons. The van der Waals surface area contributed by atoms with Gasteiger partial charge < -0.3 is 10.0 Å². The minimum atomic E-state index is 0.143. The molecule has 0 spiro atoms. The van der Waals surface area contributed by atoms with Crippen LogP contribution in [0.5, 0.6) is 0 Å². The Morgan fingerprint density at radius 3 is 2.56 bits per heavy atom. The van der Waals surface area contributed by atoms with Crippen molar-refractivity contribution in [3.63, 3.8) is 0 Å². The molecule has 18 heavy (non-hydrogen) atoms. The predicted molar refractivity (Wildman–Crippen MR) is 76.9 cm³/mol. The van der Waals surface area contributed by atoms with Crippen molar-refractivity contribution < 1.29 is 9.90 Å². The molecule has 1 amide bonds. The maximum atomic E-state index is 12.1. The van der Waals surface area contributed by atoms with Gasteiger partial charge >= 0.3 is 0 Å². The molecule has 1 heterocycles. The molecule has 1 aliphatic rings. The Kier molecular flexibility index (Phi) is 6.46. The lowest BCUT2D eigenvalue weighted by Crippen LogP contribution is -2.37. The zero-order valence-electron chi connectivity index (χ0n) is 11.8. The highest BCUT2D eigenvalue weighted by atomic mass is 32.2. The first-order valence-corrected chi connectivity index (χ1v) is 7.66. The molecule has 0 aromatic heterocycles. The van der Waals surface area contributed by atoms with Crippen molar-refractivity contribution in [3.05, 3.63) is 0 Å². The van der Waals surface area contributed by atoms with Gasteiger partial charge in [0, 0.05) is 30.9 Å². The number of hydrogen-bond acceptors (Lipinski definition) is 4. The second kappa shape index (κ2) is 7.36. The number of thioether (sulfide) groups is 1. The molecule has 1 saturated heterocycles. The van der Waals surface area contributed by atoms with Gasteiger partial charge in [0.2, 0.25) is 5.91 Å². The highest BCUT2D eigenvalue weighted by Gasteiger charge is 2.20. The van der Waals surface area contributed by atoms with Crippen molar-refractivity contribution in [1.82, 2.24) is 9.80 Å². The number of nitrogens with zero attached hydrogens (tertiary/aromatic N) is 2. The maximum absolute atomic E-state index is 12.1. The third-order valence-electron chi connectivity index (χ3n) is 2.99. The van der Waals surface area contributed by atoms with E-state index in [1.54, 1.807) is 11.8 Å². The summed E-state index contributed by atoms with van der Waals surface area (Å²) in [6.45, 7) is 10.8. The van der Waals surface area contributed by atoms with Gasteiger partial charge in [0.05, 0.1) is 12.4 Å². The quantitative estimate of drug-likeness (QED) is 0.832. The molecule has 0 unspecified atom stereocenters. The second-order valence-electron chi connectivity index (χ2n) is 5.70. The Morgan fingerprint density at radius 2 is 1.94 bits per heavy atom. The number of carbonyl (C=O) groups is 1. The Balaban J connectivity index is 2.35. The van der Waals surface area contributed by atoms with Gasteiger partial charge in [-0.3, -0.25) is 9.69 Å². The van der Waals surface area contributed by atoms with Crippen molar-refractivity contribution in [2.24, 2.45) is 0 Å². The number of hydrogen-bond donors (Lipinski definition) is 1. The first-order chi connectivity index (χ1) is 8.42. The minimum absolute atomic E-state index is 0.143. The Morgan fingerprint density at radius 1 is 1.22 bits per heavy atom. The summed E-state index contributed by atoms with van der Waals surface area (Å²) < 4.78 is 0.143. The van der Waals surface area contributed by atoms with E-state index in [0.717, 1.165) is 39.1 Å². The standard InChI is InChI=1S/C13H26N2O2S/c1-13(2,3)18-11-12(17)15-6-4-5-14(7-8-15)9-10-16/h16H,4-11H2,1-3H3. The van der Waals surface area contributed by atoms with Crippen molar-refractivity contribution in [3.8, 4) is 0 Å². The first-order valence-electron chi connectivity index (χ1n) is 6.67. The molecule has 4 nitrogen and oxygen atoms in total. The Bertz CT molecular complexity index is 266. The van der Waals surface area contributed by atoms with Gasteiger partial charge in [-0.05, 0) is 13.0 Å². The van der Waals surface area contributed by atoms with Crippen molar-refractivity contribution >= 4 is 17.7 Å². The average Bonchev–Trinajstić information content (AvgIpc) is 2.51. The number of amides is 1. The fraction of sp³-hybridized carbons (Fsp3) is 0.923. The number of rotatable bonds is 4. The van der Waals surface area contributed by atoms with E-state index in [4.69, 9.17) is 5.11 Å². The lowest BCUT2D eigenvalue weighted by Gasteiger charge is -2.23. The molecular weight excluding hydrogens is 248 g/mol. The van der Waals surface area contributed by atoms with Crippen LogP contribution in [0.1, 0.15) is 27.2 Å². The van der Waals surface area contributed by atoms with E-state index in [1.807, 2.05) is 4.90 Å². The number of aliphatic hydroxyl groups excluding tert-OH is 1. The van der Waals surface area contributed by atoms with Crippen LogP contribution in [-0.2, 0) is 4.79 Å². The summed E-state index contributed by atoms with van der Waals surface area (Å²) >= 11 is 1.71. The fourth-order valence-electron chi connectivity index (χ4n) is 1.95. The summed E-state index contributed by atoms with van der Waals surface area (Å²) in [7, 11) is 0. The van der Waals surface area contributed by atoms with Gasteiger partial charge in [0.1, 0.15) is 0 Å². The molecule has 1 fully saturated rings. The van der Waals surface area contributed by atoms with E-state index in [9.17, 15) is 4.79 Å². The molecular formula is C13H26N2O2S. The molecule has 5 heteroatoms. The fourth-order valence-corrected chi connectivity index (χ4v) is 2.69. The van der Waals surface area contributed by atoms with Crippen LogP contribution < -0.4 is 0 Å². The summed E-state index contributed by atoms with van der Waals surface area (Å²) in [5.74, 6) is 0.824. The zero-order valence-corrected chi connectivity index (χ0v) is 12.6. The van der Waals surface area contributed by atoms with Crippen LogP contribution in [0.2, 0.25) is 0 Å². The summed E-state index contributed by atoms with van der Waals surface area (Å²) in [4.78, 5) is 16.3. The molecule has 0 aromatic carbocycles. The van der Waals surface area contributed by atoms with Gasteiger partial charge in [-0.1, -0.05) is 20.8 Å². The lowest BCUT2D eigenvalue weighted by atomic mass is 10.3. The van der Waals surface area contributed by atoms with Crippen molar-refractivity contribution in [1.29, 1.82) is 0 Å². The van der Waals surface area contributed by atoms with Crippen molar-refractivity contribution in [2.75, 3.05) is 45.1 Å². The molecule has 1 N–H and O–H groups in total. The van der Waals surface area contributed by atoms with Gasteiger partial charge in [-0.25, -0.2) is 0 Å². The number of β-amino-alcohol motifs (C(OH)–C–C–N with tert-alkyl or cyclic N) is 1. The number of aliphatic hydroxyl groups is 1. The third-order valence-corrected chi connectivity index (χ3v) is 4.24. The summed E-state index contributed by atoms with van der Waals surface area (Å²) in [5, 5.41) is 8.93. The Labute approximate surface area is 115 Å². The van der Waals surface area contributed by atoms with Crippen LogP contribution in [0.4, 0.5) is 0 Å². The summed E-state index contributed by atoms with van der Waals surface area (Å²) in [6.07, 6.45) is 1.01. The van der Waals surface area contributed by atoms with E-state index >= 15 is 0 Å². The number of carbonyl (C=O) groups excluding carboxylic acids is 1. The van der Waals surface area contributed by atoms with Crippen LogP contribution >= 0.6 is 11.8 Å². The maximum Gasteiger partial charge on any atom is 0.232 e.